The Bertz CT molecular complexity index is 732. The summed E-state index contributed by atoms with van der Waals surface area (Å²) >= 11 is 12.0. The van der Waals surface area contributed by atoms with E-state index in [0.29, 0.717) is 11.1 Å². The van der Waals surface area contributed by atoms with Gasteiger partial charge in [-0.15, -0.1) is 0 Å². The molecular formula is C19H16Cl2O4. The van der Waals surface area contributed by atoms with Crippen molar-refractivity contribution >= 4 is 35.1 Å². The number of hydrogen-bond donors (Lipinski definition) is 0. The van der Waals surface area contributed by atoms with E-state index in [1.807, 2.05) is 12.1 Å². The van der Waals surface area contributed by atoms with Crippen molar-refractivity contribution in [1.29, 1.82) is 0 Å². The van der Waals surface area contributed by atoms with E-state index in [1.54, 1.807) is 48.5 Å². The SMILES string of the molecule is C=C(CC(=O)OC(Cl)c1ccccc1)C(=O)OC(Cl)c1ccccc1. The molecule has 4 nitrogen and oxygen atoms in total. The number of halogens is 2. The van der Waals surface area contributed by atoms with Crippen molar-refractivity contribution in [3.8, 4) is 0 Å². The van der Waals surface area contributed by atoms with Crippen molar-refractivity contribution in [2.45, 2.75) is 17.5 Å². The van der Waals surface area contributed by atoms with Crippen molar-refractivity contribution in [1.82, 2.24) is 0 Å². The van der Waals surface area contributed by atoms with E-state index >= 15 is 0 Å². The van der Waals surface area contributed by atoms with E-state index in [9.17, 15) is 9.59 Å². The van der Waals surface area contributed by atoms with Crippen LogP contribution in [0.4, 0.5) is 0 Å². The van der Waals surface area contributed by atoms with Gasteiger partial charge in [0.15, 0.2) is 0 Å². The highest BCUT2D eigenvalue weighted by Crippen LogP contribution is 2.25. The Kier molecular flexibility index (Phi) is 7.04. The Hall–Kier alpha value is -2.30. The maximum Gasteiger partial charge on any atom is 0.335 e. The Morgan fingerprint density at radius 3 is 1.76 bits per heavy atom. The largest absolute Gasteiger partial charge is 0.441 e. The summed E-state index contributed by atoms with van der Waals surface area (Å²) in [7, 11) is 0. The molecule has 0 saturated carbocycles. The quantitative estimate of drug-likeness (QED) is 0.390. The molecule has 0 radical (unpaired) electrons. The zero-order chi connectivity index (χ0) is 18.2. The minimum Gasteiger partial charge on any atom is -0.441 e. The van der Waals surface area contributed by atoms with Gasteiger partial charge in [0.1, 0.15) is 0 Å². The maximum absolute atomic E-state index is 12.0. The third kappa shape index (κ3) is 5.93. The van der Waals surface area contributed by atoms with Gasteiger partial charge in [-0.25, -0.2) is 4.79 Å². The molecule has 0 aliphatic rings. The van der Waals surface area contributed by atoms with Crippen LogP contribution in [0.25, 0.3) is 0 Å². The van der Waals surface area contributed by atoms with E-state index in [4.69, 9.17) is 32.7 Å². The summed E-state index contributed by atoms with van der Waals surface area (Å²) in [5.41, 5.74) is -0.717. The average molecular weight is 379 g/mol. The van der Waals surface area contributed by atoms with Crippen LogP contribution < -0.4 is 0 Å². The molecule has 2 unspecified atom stereocenters. The number of alkyl halides is 2. The van der Waals surface area contributed by atoms with Gasteiger partial charge in [0.05, 0.1) is 6.42 Å². The fraction of sp³-hybridized carbons (Fsp3) is 0.158. The van der Waals surface area contributed by atoms with Gasteiger partial charge in [0, 0.05) is 16.7 Å². The third-order valence-corrected chi connectivity index (χ3v) is 3.90. The number of carbonyl (C=O) groups is 2. The molecule has 6 heteroatoms. The van der Waals surface area contributed by atoms with Crippen molar-refractivity contribution in [2.24, 2.45) is 0 Å². The Morgan fingerprint density at radius 1 is 0.840 bits per heavy atom. The average Bonchev–Trinajstić information content (AvgIpc) is 2.62. The predicted octanol–water partition coefficient (Wildman–Crippen LogP) is 4.89. The molecule has 0 aliphatic carbocycles. The van der Waals surface area contributed by atoms with Gasteiger partial charge in [-0.05, 0) is 0 Å². The second kappa shape index (κ2) is 9.25. The summed E-state index contributed by atoms with van der Waals surface area (Å²) in [6.45, 7) is 3.54. The van der Waals surface area contributed by atoms with Crippen LogP contribution in [0.5, 0.6) is 0 Å². The van der Waals surface area contributed by atoms with Crippen molar-refractivity contribution in [2.75, 3.05) is 0 Å². The Morgan fingerprint density at radius 2 is 1.28 bits per heavy atom. The molecule has 2 atom stereocenters. The van der Waals surface area contributed by atoms with E-state index in [0.717, 1.165) is 0 Å². The van der Waals surface area contributed by atoms with Crippen LogP contribution in [0.15, 0.2) is 72.8 Å². The van der Waals surface area contributed by atoms with Crippen molar-refractivity contribution < 1.29 is 19.1 Å². The van der Waals surface area contributed by atoms with E-state index < -0.39 is 23.1 Å². The highest BCUT2D eigenvalue weighted by molar-refractivity contribution is 6.21. The van der Waals surface area contributed by atoms with Crippen LogP contribution in [0, 0.1) is 0 Å². The van der Waals surface area contributed by atoms with Gasteiger partial charge in [0.2, 0.25) is 11.1 Å². The lowest BCUT2D eigenvalue weighted by atomic mass is 10.2. The summed E-state index contributed by atoms with van der Waals surface area (Å²) in [4.78, 5) is 23.9. The first-order valence-corrected chi connectivity index (χ1v) is 8.31. The van der Waals surface area contributed by atoms with Crippen LogP contribution in [0.2, 0.25) is 0 Å². The molecule has 0 aliphatic heterocycles. The molecule has 0 aromatic heterocycles. The smallest absolute Gasteiger partial charge is 0.335 e. The molecule has 2 aromatic carbocycles. The molecule has 2 rings (SSSR count). The number of benzene rings is 2. The highest BCUT2D eigenvalue weighted by atomic mass is 35.5. The molecule has 0 saturated heterocycles. The van der Waals surface area contributed by atoms with Gasteiger partial charge in [-0.3, -0.25) is 4.79 Å². The number of ether oxygens (including phenoxy) is 2. The van der Waals surface area contributed by atoms with Crippen molar-refractivity contribution in [3.63, 3.8) is 0 Å². The Balaban J connectivity index is 1.84. The Labute approximate surface area is 156 Å². The van der Waals surface area contributed by atoms with Crippen LogP contribution in [0.3, 0.4) is 0 Å². The lowest BCUT2D eigenvalue weighted by Crippen LogP contribution is -2.14. The first-order valence-electron chi connectivity index (χ1n) is 7.43. The zero-order valence-electron chi connectivity index (χ0n) is 13.2. The van der Waals surface area contributed by atoms with Gasteiger partial charge in [0.25, 0.3) is 0 Å². The van der Waals surface area contributed by atoms with Crippen LogP contribution in [0.1, 0.15) is 28.7 Å². The topological polar surface area (TPSA) is 52.6 Å². The molecule has 0 spiro atoms. The molecular weight excluding hydrogens is 363 g/mol. The number of carbonyl (C=O) groups excluding carboxylic acids is 2. The predicted molar refractivity (Wildman–Crippen MR) is 96.0 cm³/mol. The van der Waals surface area contributed by atoms with E-state index in [1.165, 1.54) is 0 Å². The molecule has 130 valence electrons. The van der Waals surface area contributed by atoms with Gasteiger partial charge in [-0.1, -0.05) is 90.4 Å². The molecule has 0 bridgehead atoms. The normalized spacial score (nSPS) is 12.7. The molecule has 0 heterocycles. The number of esters is 2. The van der Waals surface area contributed by atoms with Crippen molar-refractivity contribution in [3.05, 3.63) is 83.9 Å². The van der Waals surface area contributed by atoms with E-state index in [2.05, 4.69) is 6.58 Å². The fourth-order valence-electron chi connectivity index (χ4n) is 1.93. The summed E-state index contributed by atoms with van der Waals surface area (Å²) in [6, 6.07) is 17.6. The summed E-state index contributed by atoms with van der Waals surface area (Å²) < 4.78 is 10.1. The molecule has 25 heavy (non-hydrogen) atoms. The number of rotatable bonds is 7. The van der Waals surface area contributed by atoms with Gasteiger partial charge < -0.3 is 9.47 Å². The minimum absolute atomic E-state index is 0.0662. The van der Waals surface area contributed by atoms with Crippen LogP contribution in [-0.4, -0.2) is 11.9 Å². The highest BCUT2D eigenvalue weighted by Gasteiger charge is 2.20. The fourth-order valence-corrected chi connectivity index (χ4v) is 2.40. The third-order valence-electron chi connectivity index (χ3n) is 3.22. The lowest BCUT2D eigenvalue weighted by molar-refractivity contribution is -0.148. The monoisotopic (exact) mass is 378 g/mol. The van der Waals surface area contributed by atoms with Crippen LogP contribution in [-0.2, 0) is 19.1 Å². The summed E-state index contributed by atoms with van der Waals surface area (Å²) in [5, 5.41) is 0. The summed E-state index contributed by atoms with van der Waals surface area (Å²) in [5.74, 6) is -1.46. The van der Waals surface area contributed by atoms with Gasteiger partial charge >= 0.3 is 11.9 Å². The van der Waals surface area contributed by atoms with Crippen LogP contribution >= 0.6 is 23.2 Å². The molecule has 0 fully saturated rings. The van der Waals surface area contributed by atoms with E-state index in [-0.39, 0.29) is 12.0 Å². The first kappa shape index (κ1) is 19.0. The minimum atomic E-state index is -0.966. The standard InChI is InChI=1S/C19H16Cl2O4/c1-13(19(23)25-18(21)15-10-6-3-7-11-15)12-16(22)24-17(20)14-8-4-2-5-9-14/h2-11,17-18H,1,12H2. The first-order chi connectivity index (χ1) is 12.0. The molecule has 0 amide bonds. The second-order valence-electron chi connectivity index (χ2n) is 5.13. The lowest BCUT2D eigenvalue weighted by Gasteiger charge is -2.14. The van der Waals surface area contributed by atoms with Gasteiger partial charge in [-0.2, -0.15) is 0 Å². The number of hydrogen-bond acceptors (Lipinski definition) is 4. The molecule has 0 N–H and O–H groups in total. The summed E-state index contributed by atoms with van der Waals surface area (Å²) in [6.07, 6.45) is -0.340. The maximum atomic E-state index is 12.0. The second-order valence-corrected chi connectivity index (χ2v) is 5.92. The zero-order valence-corrected chi connectivity index (χ0v) is 14.7. The molecule has 2 aromatic rings.